The van der Waals surface area contributed by atoms with Crippen LogP contribution in [0.25, 0.3) is 0 Å². The number of anilines is 1. The number of likely N-dealkylation sites (tertiary alicyclic amines) is 1. The first kappa shape index (κ1) is 15.0. The van der Waals surface area contributed by atoms with Gasteiger partial charge in [-0.05, 0) is 33.4 Å². The number of nitrogens with two attached hydrogens (primary N) is 1. The zero-order valence-corrected chi connectivity index (χ0v) is 11.9. The van der Waals surface area contributed by atoms with Crippen LogP contribution in [0.1, 0.15) is 26.2 Å². The molecule has 18 heavy (non-hydrogen) atoms. The monoisotopic (exact) mass is 272 g/mol. The number of nitrogen functional groups attached to an aromatic ring is 1. The van der Waals surface area contributed by atoms with Crippen LogP contribution in [0.15, 0.2) is 11.0 Å². The largest absolute Gasteiger partial charge is 0.396 e. The van der Waals surface area contributed by atoms with Gasteiger partial charge in [-0.1, -0.05) is 18.0 Å². The first-order valence-corrected chi connectivity index (χ1v) is 6.48. The average molecular weight is 273 g/mol. The molecule has 0 bridgehead atoms. The highest BCUT2D eigenvalue weighted by molar-refractivity contribution is 6.32. The molecular weight excluding hydrogens is 252 g/mol. The normalized spacial score (nSPS) is 20.1. The van der Waals surface area contributed by atoms with Crippen molar-refractivity contribution in [2.24, 2.45) is 7.05 Å². The summed E-state index contributed by atoms with van der Waals surface area (Å²) in [6, 6.07) is 0.837. The highest BCUT2D eigenvalue weighted by Crippen LogP contribution is 2.13. The van der Waals surface area contributed by atoms with Gasteiger partial charge in [-0.2, -0.15) is 5.10 Å². The molecule has 102 valence electrons. The quantitative estimate of drug-likeness (QED) is 0.778. The molecule has 0 spiro atoms. The van der Waals surface area contributed by atoms with Gasteiger partial charge in [0.05, 0.1) is 11.9 Å². The topological polar surface area (TPSA) is 64.2 Å². The molecule has 0 saturated carbocycles. The summed E-state index contributed by atoms with van der Waals surface area (Å²) in [7, 11) is 3.72. The van der Waals surface area contributed by atoms with Crippen LogP contribution in [0.4, 0.5) is 5.69 Å². The van der Waals surface area contributed by atoms with Crippen LogP contribution in [0, 0.1) is 0 Å². The Hall–Kier alpha value is -1.07. The van der Waals surface area contributed by atoms with Crippen LogP contribution in [-0.4, -0.2) is 34.3 Å². The van der Waals surface area contributed by atoms with Crippen LogP contribution >= 0.6 is 11.6 Å². The van der Waals surface area contributed by atoms with E-state index >= 15 is 0 Å². The summed E-state index contributed by atoms with van der Waals surface area (Å²) in [4.78, 5) is 13.3. The molecule has 1 fully saturated rings. The maximum atomic E-state index is 10.9. The fourth-order valence-corrected chi connectivity index (χ4v) is 1.94. The predicted molar refractivity (Wildman–Crippen MR) is 74.8 cm³/mol. The third-order valence-corrected chi connectivity index (χ3v) is 3.62. The SMILES string of the molecule is CC1CCCCN1C.Cn1ncc(N)c(Cl)c1=O. The fourth-order valence-electron chi connectivity index (χ4n) is 1.77. The van der Waals surface area contributed by atoms with E-state index in [9.17, 15) is 4.79 Å². The first-order valence-electron chi connectivity index (χ1n) is 6.11. The number of piperidine rings is 1. The summed E-state index contributed by atoms with van der Waals surface area (Å²) in [6.07, 6.45) is 5.58. The van der Waals surface area contributed by atoms with E-state index in [1.165, 1.54) is 39.1 Å². The van der Waals surface area contributed by atoms with Gasteiger partial charge in [-0.15, -0.1) is 0 Å². The van der Waals surface area contributed by atoms with Crippen molar-refractivity contribution in [1.82, 2.24) is 14.7 Å². The van der Waals surface area contributed by atoms with Crippen molar-refractivity contribution >= 4 is 17.3 Å². The Morgan fingerprint density at radius 1 is 1.44 bits per heavy atom. The summed E-state index contributed by atoms with van der Waals surface area (Å²) >= 11 is 5.48. The third-order valence-electron chi connectivity index (χ3n) is 3.24. The third kappa shape index (κ3) is 3.99. The van der Waals surface area contributed by atoms with Gasteiger partial charge in [0.2, 0.25) is 0 Å². The number of aromatic nitrogens is 2. The van der Waals surface area contributed by atoms with Crippen molar-refractivity contribution in [3.05, 3.63) is 21.6 Å². The van der Waals surface area contributed by atoms with Crippen LogP contribution in [0.3, 0.4) is 0 Å². The number of hydrogen-bond acceptors (Lipinski definition) is 4. The lowest BCUT2D eigenvalue weighted by molar-refractivity contribution is 0.200. The van der Waals surface area contributed by atoms with Crippen molar-refractivity contribution in [2.45, 2.75) is 32.2 Å². The molecule has 2 rings (SSSR count). The van der Waals surface area contributed by atoms with E-state index in [0.717, 1.165) is 10.7 Å². The van der Waals surface area contributed by atoms with E-state index in [4.69, 9.17) is 17.3 Å². The van der Waals surface area contributed by atoms with E-state index in [2.05, 4.69) is 24.0 Å². The molecule has 1 aliphatic rings. The first-order chi connectivity index (χ1) is 8.43. The molecule has 0 aliphatic carbocycles. The molecule has 1 aromatic rings. The molecule has 0 radical (unpaired) electrons. The van der Waals surface area contributed by atoms with Gasteiger partial charge in [-0.25, -0.2) is 4.68 Å². The van der Waals surface area contributed by atoms with Gasteiger partial charge in [0, 0.05) is 13.1 Å². The molecule has 0 aromatic carbocycles. The van der Waals surface area contributed by atoms with Gasteiger partial charge >= 0.3 is 0 Å². The number of rotatable bonds is 0. The summed E-state index contributed by atoms with van der Waals surface area (Å²) in [5.41, 5.74) is 5.12. The van der Waals surface area contributed by atoms with Crippen molar-refractivity contribution in [3.8, 4) is 0 Å². The summed E-state index contributed by atoms with van der Waals surface area (Å²) in [5.74, 6) is 0. The lowest BCUT2D eigenvalue weighted by atomic mass is 10.1. The van der Waals surface area contributed by atoms with Crippen molar-refractivity contribution in [3.63, 3.8) is 0 Å². The Morgan fingerprint density at radius 2 is 2.11 bits per heavy atom. The second-order valence-electron chi connectivity index (χ2n) is 4.67. The Bertz CT molecular complexity index is 436. The zero-order valence-electron chi connectivity index (χ0n) is 11.2. The molecule has 2 N–H and O–H groups in total. The average Bonchev–Trinajstić information content (AvgIpc) is 2.36. The molecule has 2 heterocycles. The number of halogens is 1. The minimum Gasteiger partial charge on any atom is -0.396 e. The van der Waals surface area contributed by atoms with Crippen LogP contribution < -0.4 is 11.3 Å². The lowest BCUT2D eigenvalue weighted by Gasteiger charge is -2.29. The van der Waals surface area contributed by atoms with Crippen LogP contribution in [0.2, 0.25) is 5.02 Å². The predicted octanol–water partition coefficient (Wildman–Crippen LogP) is 1.51. The molecule has 0 amide bonds. The van der Waals surface area contributed by atoms with Gasteiger partial charge in [0.1, 0.15) is 5.02 Å². The van der Waals surface area contributed by atoms with E-state index < -0.39 is 0 Å². The maximum absolute atomic E-state index is 10.9. The van der Waals surface area contributed by atoms with E-state index in [1.807, 2.05) is 0 Å². The minimum atomic E-state index is -0.373. The number of nitrogens with zero attached hydrogens (tertiary/aromatic N) is 3. The van der Waals surface area contributed by atoms with Crippen molar-refractivity contribution in [1.29, 1.82) is 0 Å². The molecule has 6 heteroatoms. The standard InChI is InChI=1S/C7H15N.C5H6ClN3O/c1-7-5-3-4-6-8(7)2;1-9-5(10)4(6)3(7)2-8-9/h7H,3-6H2,1-2H3;2H,7H2,1H3. The molecule has 1 aliphatic heterocycles. The molecular formula is C12H21ClN4O. The smallest absolute Gasteiger partial charge is 0.287 e. The van der Waals surface area contributed by atoms with Gasteiger partial charge in [0.25, 0.3) is 5.56 Å². The van der Waals surface area contributed by atoms with E-state index in [-0.39, 0.29) is 16.3 Å². The van der Waals surface area contributed by atoms with Gasteiger partial charge in [-0.3, -0.25) is 4.79 Å². The molecule has 1 atom stereocenters. The summed E-state index contributed by atoms with van der Waals surface area (Å²) in [6.45, 7) is 3.61. The van der Waals surface area contributed by atoms with E-state index in [0.29, 0.717) is 0 Å². The molecule has 1 unspecified atom stereocenters. The molecule has 1 aromatic heterocycles. The Balaban J connectivity index is 0.000000184. The second-order valence-corrected chi connectivity index (χ2v) is 5.05. The van der Waals surface area contributed by atoms with Gasteiger partial charge in [0.15, 0.2) is 0 Å². The summed E-state index contributed by atoms with van der Waals surface area (Å²) in [5, 5.41) is 3.66. The Kier molecular flexibility index (Phi) is 5.62. The van der Waals surface area contributed by atoms with Crippen molar-refractivity contribution in [2.75, 3.05) is 19.3 Å². The minimum absolute atomic E-state index is 0.0255. The summed E-state index contributed by atoms with van der Waals surface area (Å²) < 4.78 is 1.12. The zero-order chi connectivity index (χ0) is 13.7. The van der Waals surface area contributed by atoms with Crippen molar-refractivity contribution < 1.29 is 0 Å². The Morgan fingerprint density at radius 3 is 2.56 bits per heavy atom. The second kappa shape index (κ2) is 6.75. The van der Waals surface area contributed by atoms with Crippen LogP contribution in [-0.2, 0) is 7.05 Å². The highest BCUT2D eigenvalue weighted by Gasteiger charge is 2.12. The number of aryl methyl sites for hydroxylation is 1. The molecule has 1 saturated heterocycles. The Labute approximate surface area is 113 Å². The highest BCUT2D eigenvalue weighted by atomic mass is 35.5. The maximum Gasteiger partial charge on any atom is 0.287 e. The van der Waals surface area contributed by atoms with Crippen LogP contribution in [0.5, 0.6) is 0 Å². The van der Waals surface area contributed by atoms with Gasteiger partial charge < -0.3 is 10.6 Å². The fraction of sp³-hybridized carbons (Fsp3) is 0.667. The lowest BCUT2D eigenvalue weighted by Crippen LogP contribution is -2.33. The van der Waals surface area contributed by atoms with E-state index in [1.54, 1.807) is 0 Å². The molecule has 5 nitrogen and oxygen atoms in total. The number of hydrogen-bond donors (Lipinski definition) is 1.